The van der Waals surface area contributed by atoms with E-state index >= 15 is 0 Å². The third kappa shape index (κ3) is 7.41. The molecule has 0 spiro atoms. The molecule has 0 aromatic heterocycles. The van der Waals surface area contributed by atoms with Gasteiger partial charge in [0.05, 0.1) is 11.5 Å². The Hall–Kier alpha value is -1.05. The number of benzene rings is 1. The first-order valence-electron chi connectivity index (χ1n) is 10.2. The Kier molecular flexibility index (Phi) is 8.67. The third-order valence-corrected chi connectivity index (χ3v) is 6.94. The molecule has 0 radical (unpaired) electrons. The number of hydrogen-bond donors (Lipinski definition) is 2. The van der Waals surface area contributed by atoms with Gasteiger partial charge in [-0.1, -0.05) is 34.8 Å². The molecule has 0 unspecified atom stereocenters. The van der Waals surface area contributed by atoms with Crippen LogP contribution in [0.5, 0.6) is 0 Å². The smallest absolute Gasteiger partial charge is 0.234 e. The van der Waals surface area contributed by atoms with E-state index in [1.54, 1.807) is 0 Å². The molecular formula is C21H30BrN3O2S. The molecule has 1 aromatic rings. The molecule has 2 amide bonds. The monoisotopic (exact) mass is 467 g/mol. The minimum absolute atomic E-state index is 0.0366. The number of anilines is 1. The lowest BCUT2D eigenvalue weighted by Crippen LogP contribution is -2.46. The number of carbonyl (C=O) groups excluding carboxylic acids is 2. The van der Waals surface area contributed by atoms with Crippen molar-refractivity contribution in [3.05, 3.63) is 28.7 Å². The van der Waals surface area contributed by atoms with Gasteiger partial charge in [-0.2, -0.15) is 0 Å². The number of nitrogens with one attached hydrogen (secondary N) is 2. The second-order valence-electron chi connectivity index (χ2n) is 7.84. The highest BCUT2D eigenvalue weighted by molar-refractivity contribution is 9.10. The standard InChI is InChI=1S/C21H30BrN3O2S/c22-17-6-3-7-19(12-17)24-21(27)15-28-14-20(26)23-18-8-10-25(11-9-18)13-16-4-1-2-5-16/h3,6-7,12,16,18H,1-2,4-5,8-11,13-15H2,(H,23,26)(H,24,27). The van der Waals surface area contributed by atoms with Crippen LogP contribution in [-0.2, 0) is 9.59 Å². The van der Waals surface area contributed by atoms with E-state index in [0.29, 0.717) is 5.75 Å². The molecule has 0 bridgehead atoms. The Morgan fingerprint density at radius 3 is 2.50 bits per heavy atom. The van der Waals surface area contributed by atoms with E-state index in [0.717, 1.165) is 42.0 Å². The van der Waals surface area contributed by atoms with Crippen LogP contribution in [0.3, 0.4) is 0 Å². The molecule has 0 atom stereocenters. The number of hydrogen-bond acceptors (Lipinski definition) is 4. The van der Waals surface area contributed by atoms with Crippen LogP contribution in [0.15, 0.2) is 28.7 Å². The molecule has 2 aliphatic rings. The fraction of sp³-hybridized carbons (Fsp3) is 0.619. The maximum atomic E-state index is 12.2. The molecule has 1 aliphatic carbocycles. The van der Waals surface area contributed by atoms with Gasteiger partial charge in [0.25, 0.3) is 0 Å². The summed E-state index contributed by atoms with van der Waals surface area (Å²) in [6.07, 6.45) is 7.65. The number of carbonyl (C=O) groups is 2. The molecular weight excluding hydrogens is 438 g/mol. The van der Waals surface area contributed by atoms with Crippen LogP contribution in [0.4, 0.5) is 5.69 Å². The molecule has 5 nitrogen and oxygen atoms in total. The molecule has 1 heterocycles. The van der Waals surface area contributed by atoms with Gasteiger partial charge in [0.15, 0.2) is 0 Å². The average Bonchev–Trinajstić information content (AvgIpc) is 3.16. The summed E-state index contributed by atoms with van der Waals surface area (Å²) in [5.41, 5.74) is 0.758. The lowest BCUT2D eigenvalue weighted by Gasteiger charge is -2.33. The first-order chi connectivity index (χ1) is 13.6. The van der Waals surface area contributed by atoms with E-state index in [-0.39, 0.29) is 23.6 Å². The quantitative estimate of drug-likeness (QED) is 0.608. The fourth-order valence-electron chi connectivity index (χ4n) is 4.09. The lowest BCUT2D eigenvalue weighted by molar-refractivity contribution is -0.119. The van der Waals surface area contributed by atoms with Crippen LogP contribution >= 0.6 is 27.7 Å². The van der Waals surface area contributed by atoms with Crippen LogP contribution in [0.1, 0.15) is 38.5 Å². The van der Waals surface area contributed by atoms with Crippen LogP contribution in [0.25, 0.3) is 0 Å². The zero-order chi connectivity index (χ0) is 19.8. The predicted octanol–water partition coefficient (Wildman–Crippen LogP) is 3.89. The Morgan fingerprint density at radius 2 is 1.79 bits per heavy atom. The van der Waals surface area contributed by atoms with Crippen molar-refractivity contribution in [1.29, 1.82) is 0 Å². The Morgan fingerprint density at radius 1 is 1.07 bits per heavy atom. The summed E-state index contributed by atoms with van der Waals surface area (Å²) in [5, 5.41) is 5.98. The number of likely N-dealkylation sites (tertiary alicyclic amines) is 1. The van der Waals surface area contributed by atoms with E-state index in [9.17, 15) is 9.59 Å². The first-order valence-corrected chi connectivity index (χ1v) is 12.2. The molecule has 2 fully saturated rings. The molecule has 28 heavy (non-hydrogen) atoms. The molecule has 154 valence electrons. The summed E-state index contributed by atoms with van der Waals surface area (Å²) in [5.74, 6) is 1.45. The molecule has 7 heteroatoms. The summed E-state index contributed by atoms with van der Waals surface area (Å²) in [4.78, 5) is 26.7. The SMILES string of the molecule is O=C(CSCC(=O)NC1CCN(CC2CCCC2)CC1)Nc1cccc(Br)c1. The van der Waals surface area contributed by atoms with Gasteiger partial charge in [-0.3, -0.25) is 9.59 Å². The summed E-state index contributed by atoms with van der Waals surface area (Å²) >= 11 is 4.74. The summed E-state index contributed by atoms with van der Waals surface area (Å²) < 4.78 is 0.923. The number of nitrogens with zero attached hydrogens (tertiary/aromatic N) is 1. The van der Waals surface area contributed by atoms with Gasteiger partial charge in [0.1, 0.15) is 0 Å². The van der Waals surface area contributed by atoms with Crippen molar-refractivity contribution < 1.29 is 9.59 Å². The largest absolute Gasteiger partial charge is 0.353 e. The van der Waals surface area contributed by atoms with Gasteiger partial charge in [0, 0.05) is 35.8 Å². The lowest BCUT2D eigenvalue weighted by atomic mass is 10.0. The van der Waals surface area contributed by atoms with Crippen molar-refractivity contribution in [1.82, 2.24) is 10.2 Å². The molecule has 2 N–H and O–H groups in total. The molecule has 1 saturated heterocycles. The maximum Gasteiger partial charge on any atom is 0.234 e. The second kappa shape index (κ2) is 11.2. The summed E-state index contributed by atoms with van der Waals surface area (Å²) in [7, 11) is 0. The van der Waals surface area contributed by atoms with E-state index in [1.807, 2.05) is 24.3 Å². The Balaban J connectivity index is 1.27. The summed E-state index contributed by atoms with van der Waals surface area (Å²) in [6, 6.07) is 7.77. The van der Waals surface area contributed by atoms with E-state index < -0.39 is 0 Å². The van der Waals surface area contributed by atoms with Crippen molar-refractivity contribution in [2.75, 3.05) is 36.5 Å². The van der Waals surface area contributed by atoms with Crippen molar-refractivity contribution in [3.63, 3.8) is 0 Å². The van der Waals surface area contributed by atoms with Gasteiger partial charge in [0.2, 0.25) is 11.8 Å². The van der Waals surface area contributed by atoms with Crippen molar-refractivity contribution in [3.8, 4) is 0 Å². The zero-order valence-electron chi connectivity index (χ0n) is 16.3. The Labute approximate surface area is 180 Å². The fourth-order valence-corrected chi connectivity index (χ4v) is 5.11. The Bertz CT molecular complexity index is 659. The molecule has 1 aliphatic heterocycles. The number of amides is 2. The van der Waals surface area contributed by atoms with E-state index in [1.165, 1.54) is 44.0 Å². The molecule has 1 aromatic carbocycles. The highest BCUT2D eigenvalue weighted by Gasteiger charge is 2.24. The molecule has 3 rings (SSSR count). The van der Waals surface area contributed by atoms with Gasteiger partial charge in [-0.15, -0.1) is 11.8 Å². The van der Waals surface area contributed by atoms with Crippen LogP contribution in [-0.4, -0.2) is 53.9 Å². The number of thioether (sulfide) groups is 1. The number of halogens is 1. The van der Waals surface area contributed by atoms with Gasteiger partial charge in [-0.25, -0.2) is 0 Å². The van der Waals surface area contributed by atoms with E-state index in [4.69, 9.17) is 0 Å². The highest BCUT2D eigenvalue weighted by Crippen LogP contribution is 2.26. The van der Waals surface area contributed by atoms with Crippen molar-refractivity contribution in [2.24, 2.45) is 5.92 Å². The normalized spacial score (nSPS) is 18.9. The zero-order valence-corrected chi connectivity index (χ0v) is 18.7. The predicted molar refractivity (Wildman–Crippen MR) is 120 cm³/mol. The average molecular weight is 468 g/mol. The number of piperidine rings is 1. The topological polar surface area (TPSA) is 61.4 Å². The van der Waals surface area contributed by atoms with Crippen LogP contribution in [0.2, 0.25) is 0 Å². The van der Waals surface area contributed by atoms with Crippen molar-refractivity contribution >= 4 is 45.2 Å². The third-order valence-electron chi connectivity index (χ3n) is 5.52. The first kappa shape index (κ1) is 21.7. The second-order valence-corrected chi connectivity index (χ2v) is 9.75. The van der Waals surface area contributed by atoms with Gasteiger partial charge in [-0.05, 0) is 49.8 Å². The van der Waals surface area contributed by atoms with Gasteiger partial charge < -0.3 is 15.5 Å². The van der Waals surface area contributed by atoms with Gasteiger partial charge >= 0.3 is 0 Å². The maximum absolute atomic E-state index is 12.2. The minimum atomic E-state index is -0.0869. The molecule has 1 saturated carbocycles. The minimum Gasteiger partial charge on any atom is -0.353 e. The number of rotatable bonds is 8. The van der Waals surface area contributed by atoms with Crippen molar-refractivity contribution in [2.45, 2.75) is 44.6 Å². The highest BCUT2D eigenvalue weighted by atomic mass is 79.9. The van der Waals surface area contributed by atoms with E-state index in [2.05, 4.69) is 31.5 Å². The summed E-state index contributed by atoms with van der Waals surface area (Å²) in [6.45, 7) is 3.41. The van der Waals surface area contributed by atoms with Crippen LogP contribution in [0, 0.1) is 5.92 Å². The van der Waals surface area contributed by atoms with Crippen LogP contribution < -0.4 is 10.6 Å².